The normalized spacial score (nSPS) is 22.9. The fourth-order valence-corrected chi connectivity index (χ4v) is 1.56. The molecule has 1 saturated heterocycles. The summed E-state index contributed by atoms with van der Waals surface area (Å²) in [7, 11) is 0. The molecule has 0 aromatic rings. The highest BCUT2D eigenvalue weighted by Crippen LogP contribution is 2.25. The van der Waals surface area contributed by atoms with Gasteiger partial charge in [0.2, 0.25) is 0 Å². The zero-order valence-electron chi connectivity index (χ0n) is 10.1. The van der Waals surface area contributed by atoms with Crippen LogP contribution in [0.25, 0.3) is 0 Å². The van der Waals surface area contributed by atoms with Crippen molar-refractivity contribution in [1.29, 1.82) is 0 Å². The average molecular weight is 245 g/mol. The summed E-state index contributed by atoms with van der Waals surface area (Å²) in [5.74, 6) is -1.16. The van der Waals surface area contributed by atoms with E-state index in [2.05, 4.69) is 0 Å². The van der Waals surface area contributed by atoms with Crippen LogP contribution in [0.4, 0.5) is 9.18 Å². The molecular weight excluding hydrogens is 229 g/mol. The first-order valence-electron chi connectivity index (χ1n) is 5.25. The van der Waals surface area contributed by atoms with Crippen molar-refractivity contribution in [3.8, 4) is 0 Å². The second kappa shape index (κ2) is 4.73. The van der Waals surface area contributed by atoms with Crippen molar-refractivity contribution in [3.63, 3.8) is 0 Å². The smallest absolute Gasteiger partial charge is 0.411 e. The van der Waals surface area contributed by atoms with E-state index < -0.39 is 23.7 Å². The molecule has 1 fully saturated rings. The fraction of sp³-hybridized carbons (Fsp3) is 0.636. The lowest BCUT2D eigenvalue weighted by atomic mass is 10.2. The van der Waals surface area contributed by atoms with Crippen LogP contribution in [0.1, 0.15) is 27.2 Å². The fourth-order valence-electron chi connectivity index (χ4n) is 1.56. The van der Waals surface area contributed by atoms with Crippen LogP contribution in [0.5, 0.6) is 0 Å². The van der Waals surface area contributed by atoms with Crippen LogP contribution >= 0.6 is 0 Å². The first-order valence-corrected chi connectivity index (χ1v) is 5.25. The lowest BCUT2D eigenvalue weighted by Gasteiger charge is -2.26. The Hall–Kier alpha value is -1.59. The number of aliphatic carboxylic acids is 1. The minimum absolute atomic E-state index is 0.00504. The van der Waals surface area contributed by atoms with Gasteiger partial charge in [-0.1, -0.05) is 0 Å². The topological polar surface area (TPSA) is 66.8 Å². The Labute approximate surface area is 98.8 Å². The summed E-state index contributed by atoms with van der Waals surface area (Å²) in [6.45, 7) is 5.01. The van der Waals surface area contributed by atoms with Crippen molar-refractivity contribution >= 4 is 12.1 Å². The minimum Gasteiger partial charge on any atom is -0.480 e. The summed E-state index contributed by atoms with van der Waals surface area (Å²) < 4.78 is 17.4. The molecule has 1 aliphatic heterocycles. The molecule has 17 heavy (non-hydrogen) atoms. The van der Waals surface area contributed by atoms with E-state index in [1.54, 1.807) is 20.8 Å². The van der Waals surface area contributed by atoms with Gasteiger partial charge in [-0.05, 0) is 26.3 Å². The van der Waals surface area contributed by atoms with Crippen LogP contribution in [-0.4, -0.2) is 40.3 Å². The Morgan fingerprint density at radius 2 is 2.12 bits per heavy atom. The first-order chi connectivity index (χ1) is 7.74. The van der Waals surface area contributed by atoms with E-state index in [9.17, 15) is 14.0 Å². The lowest BCUT2D eigenvalue weighted by molar-refractivity contribution is -0.142. The van der Waals surface area contributed by atoms with Gasteiger partial charge in [-0.25, -0.2) is 14.0 Å². The van der Waals surface area contributed by atoms with Gasteiger partial charge in [0.15, 0.2) is 0 Å². The Bertz CT molecular complexity index is 359. The monoisotopic (exact) mass is 245 g/mol. The van der Waals surface area contributed by atoms with Crippen LogP contribution < -0.4 is 0 Å². The standard InChI is InChI=1S/C11H16FNO4/c1-11(2,3)17-10(16)13-6-7(5-12)4-8(13)9(14)15/h5,8H,4,6H2,1-3H3,(H,14,15)/b7-5-/t8-/m0/s1. The third kappa shape index (κ3) is 3.44. The van der Waals surface area contributed by atoms with Crippen LogP contribution in [-0.2, 0) is 9.53 Å². The van der Waals surface area contributed by atoms with Crippen molar-refractivity contribution in [3.05, 3.63) is 11.9 Å². The van der Waals surface area contributed by atoms with Crippen molar-refractivity contribution in [2.75, 3.05) is 6.54 Å². The average Bonchev–Trinajstić information content (AvgIpc) is 2.58. The van der Waals surface area contributed by atoms with Crippen LogP contribution in [0.15, 0.2) is 11.9 Å². The highest BCUT2D eigenvalue weighted by Gasteiger charge is 2.39. The van der Waals surface area contributed by atoms with Crippen LogP contribution in [0.2, 0.25) is 0 Å². The van der Waals surface area contributed by atoms with Gasteiger partial charge in [0, 0.05) is 13.0 Å². The van der Waals surface area contributed by atoms with E-state index in [0.29, 0.717) is 6.33 Å². The van der Waals surface area contributed by atoms with Gasteiger partial charge in [0.1, 0.15) is 11.6 Å². The minimum atomic E-state index is -1.16. The van der Waals surface area contributed by atoms with Crippen LogP contribution in [0.3, 0.4) is 0 Å². The highest BCUT2D eigenvalue weighted by molar-refractivity contribution is 5.82. The van der Waals surface area contributed by atoms with Crippen molar-refractivity contribution in [2.45, 2.75) is 38.8 Å². The van der Waals surface area contributed by atoms with E-state index in [1.807, 2.05) is 0 Å². The summed E-state index contributed by atoms with van der Waals surface area (Å²) in [5.41, 5.74) is -0.425. The lowest BCUT2D eigenvalue weighted by Crippen LogP contribution is -2.43. The number of ether oxygens (including phenoxy) is 1. The molecule has 1 amide bonds. The molecule has 1 N–H and O–H groups in total. The molecule has 0 aromatic carbocycles. The molecule has 1 aliphatic rings. The Balaban J connectivity index is 2.81. The number of likely N-dealkylation sites (tertiary alicyclic amines) is 1. The number of amides is 1. The molecule has 5 nitrogen and oxygen atoms in total. The number of halogens is 1. The molecule has 0 aliphatic carbocycles. The molecule has 0 saturated carbocycles. The number of carboxylic acid groups (broad SMARTS) is 1. The molecule has 96 valence electrons. The number of carbonyl (C=O) groups excluding carboxylic acids is 1. The highest BCUT2D eigenvalue weighted by atomic mass is 19.1. The summed E-state index contributed by atoms with van der Waals surface area (Å²) >= 11 is 0. The van der Waals surface area contributed by atoms with E-state index in [4.69, 9.17) is 9.84 Å². The molecule has 0 radical (unpaired) electrons. The van der Waals surface area contributed by atoms with Gasteiger partial charge in [0.25, 0.3) is 0 Å². The number of nitrogens with zero attached hydrogens (tertiary/aromatic N) is 1. The molecule has 0 unspecified atom stereocenters. The second-order valence-electron chi connectivity index (χ2n) is 4.93. The maximum atomic E-state index is 12.4. The number of rotatable bonds is 1. The van der Waals surface area contributed by atoms with Gasteiger partial charge in [-0.2, -0.15) is 0 Å². The van der Waals surface area contributed by atoms with E-state index in [1.165, 1.54) is 0 Å². The van der Waals surface area contributed by atoms with Gasteiger partial charge in [-0.3, -0.25) is 4.90 Å². The molecular formula is C11H16FNO4. The van der Waals surface area contributed by atoms with Gasteiger partial charge < -0.3 is 9.84 Å². The van der Waals surface area contributed by atoms with Crippen molar-refractivity contribution < 1.29 is 23.8 Å². The summed E-state index contributed by atoms with van der Waals surface area (Å²) in [5, 5.41) is 8.95. The van der Waals surface area contributed by atoms with Gasteiger partial charge in [0.05, 0.1) is 6.33 Å². The SMILES string of the molecule is CC(C)(C)OC(=O)N1C/C(=C\F)C[C@H]1C(=O)O. The maximum Gasteiger partial charge on any atom is 0.411 e. The number of hydrogen-bond donors (Lipinski definition) is 1. The number of carboxylic acids is 1. The maximum absolute atomic E-state index is 12.4. The van der Waals surface area contributed by atoms with Gasteiger partial charge >= 0.3 is 12.1 Å². The van der Waals surface area contributed by atoms with Gasteiger partial charge in [-0.15, -0.1) is 0 Å². The molecule has 0 aromatic heterocycles. The molecule has 0 bridgehead atoms. The zero-order valence-corrected chi connectivity index (χ0v) is 10.1. The van der Waals surface area contributed by atoms with E-state index >= 15 is 0 Å². The predicted octanol–water partition coefficient (Wildman–Crippen LogP) is 1.93. The second-order valence-corrected chi connectivity index (χ2v) is 4.93. The Kier molecular flexibility index (Phi) is 3.75. The number of carbonyl (C=O) groups is 2. The molecule has 1 heterocycles. The molecule has 1 rings (SSSR count). The largest absolute Gasteiger partial charge is 0.480 e. The molecule has 6 heteroatoms. The summed E-state index contributed by atoms with van der Waals surface area (Å²) in [4.78, 5) is 23.7. The van der Waals surface area contributed by atoms with E-state index in [-0.39, 0.29) is 18.5 Å². The summed E-state index contributed by atoms with van der Waals surface area (Å²) in [6.07, 6.45) is -0.382. The molecule has 0 spiro atoms. The Morgan fingerprint density at radius 1 is 1.53 bits per heavy atom. The first kappa shape index (κ1) is 13.5. The Morgan fingerprint density at radius 3 is 2.53 bits per heavy atom. The third-order valence-electron chi connectivity index (χ3n) is 2.27. The van der Waals surface area contributed by atoms with Crippen LogP contribution in [0, 0.1) is 0 Å². The summed E-state index contributed by atoms with van der Waals surface area (Å²) in [6, 6.07) is -1.05. The van der Waals surface area contributed by atoms with Crippen molar-refractivity contribution in [2.24, 2.45) is 0 Å². The quantitative estimate of drug-likeness (QED) is 0.766. The molecule has 1 atom stereocenters. The van der Waals surface area contributed by atoms with E-state index in [0.717, 1.165) is 4.90 Å². The van der Waals surface area contributed by atoms with Crippen molar-refractivity contribution in [1.82, 2.24) is 4.90 Å². The zero-order chi connectivity index (χ0) is 13.2. The number of hydrogen-bond acceptors (Lipinski definition) is 3. The third-order valence-corrected chi connectivity index (χ3v) is 2.27. The predicted molar refractivity (Wildman–Crippen MR) is 58.2 cm³/mol.